The van der Waals surface area contributed by atoms with Crippen LogP contribution < -0.4 is 15.2 Å². The predicted octanol–water partition coefficient (Wildman–Crippen LogP) is 0.342. The second kappa shape index (κ2) is 4.42. The maximum Gasteiger partial charge on any atom is 0.231 e. The lowest BCUT2D eigenvalue weighted by Gasteiger charge is -2.35. The van der Waals surface area contributed by atoms with Gasteiger partial charge in [-0.25, -0.2) is 0 Å². The summed E-state index contributed by atoms with van der Waals surface area (Å²) in [5, 5.41) is 19.4. The molecule has 5 nitrogen and oxygen atoms in total. The minimum absolute atomic E-state index is 0.0397. The van der Waals surface area contributed by atoms with Crippen LogP contribution in [0.1, 0.15) is 24.3 Å². The number of nitrogens with two attached hydrogens (primary N) is 1. The second-order valence-corrected chi connectivity index (χ2v) is 4.99. The van der Waals surface area contributed by atoms with Crippen molar-refractivity contribution in [1.82, 2.24) is 0 Å². The van der Waals surface area contributed by atoms with Gasteiger partial charge in [0, 0.05) is 12.0 Å². The van der Waals surface area contributed by atoms with E-state index in [9.17, 15) is 10.2 Å². The zero-order valence-corrected chi connectivity index (χ0v) is 9.95. The SMILES string of the molecule is N[C@H]1C[C@@H](O)[C@@H](O)C[C@H]1c1ccc2c(c1)OCO2. The van der Waals surface area contributed by atoms with E-state index in [4.69, 9.17) is 15.2 Å². The minimum Gasteiger partial charge on any atom is -0.454 e. The van der Waals surface area contributed by atoms with Crippen LogP contribution in [0.15, 0.2) is 18.2 Å². The summed E-state index contributed by atoms with van der Waals surface area (Å²) in [6, 6.07) is 5.57. The normalized spacial score (nSPS) is 34.6. The summed E-state index contributed by atoms with van der Waals surface area (Å²) in [5.41, 5.74) is 7.09. The summed E-state index contributed by atoms with van der Waals surface area (Å²) in [4.78, 5) is 0. The quantitative estimate of drug-likeness (QED) is 0.670. The number of fused-ring (bicyclic) bond motifs is 1. The van der Waals surface area contributed by atoms with Crippen molar-refractivity contribution in [2.45, 2.75) is 37.0 Å². The summed E-state index contributed by atoms with van der Waals surface area (Å²) in [5.74, 6) is 1.50. The van der Waals surface area contributed by atoms with Gasteiger partial charge in [0.25, 0.3) is 0 Å². The molecule has 2 aliphatic rings. The molecule has 0 unspecified atom stereocenters. The molecular weight excluding hydrogens is 234 g/mol. The van der Waals surface area contributed by atoms with Crippen molar-refractivity contribution in [2.75, 3.05) is 6.79 Å². The number of aliphatic hydroxyl groups is 2. The Bertz CT molecular complexity index is 451. The Balaban J connectivity index is 1.85. The average molecular weight is 251 g/mol. The van der Waals surface area contributed by atoms with Gasteiger partial charge in [-0.05, 0) is 30.5 Å². The average Bonchev–Trinajstić information content (AvgIpc) is 2.80. The van der Waals surface area contributed by atoms with Crippen LogP contribution in [-0.4, -0.2) is 35.3 Å². The molecule has 1 fully saturated rings. The second-order valence-electron chi connectivity index (χ2n) is 4.99. The van der Waals surface area contributed by atoms with E-state index in [0.717, 1.165) is 17.1 Å². The molecule has 1 saturated carbocycles. The number of ether oxygens (including phenoxy) is 2. The first-order chi connectivity index (χ1) is 8.65. The number of rotatable bonds is 1. The van der Waals surface area contributed by atoms with Gasteiger partial charge >= 0.3 is 0 Å². The van der Waals surface area contributed by atoms with Gasteiger partial charge < -0.3 is 25.4 Å². The molecule has 3 rings (SSSR count). The highest BCUT2D eigenvalue weighted by atomic mass is 16.7. The third-order valence-corrected chi connectivity index (χ3v) is 3.79. The maximum atomic E-state index is 9.76. The highest BCUT2D eigenvalue weighted by molar-refractivity contribution is 5.45. The monoisotopic (exact) mass is 251 g/mol. The number of aliphatic hydroxyl groups excluding tert-OH is 2. The van der Waals surface area contributed by atoms with Gasteiger partial charge in [0.2, 0.25) is 6.79 Å². The Hall–Kier alpha value is -1.30. The van der Waals surface area contributed by atoms with Crippen LogP contribution in [0.5, 0.6) is 11.5 Å². The predicted molar refractivity (Wildman–Crippen MR) is 64.5 cm³/mol. The fourth-order valence-electron chi connectivity index (χ4n) is 2.72. The molecule has 1 heterocycles. The molecule has 1 aliphatic heterocycles. The van der Waals surface area contributed by atoms with Crippen LogP contribution in [0.25, 0.3) is 0 Å². The molecule has 1 aromatic rings. The van der Waals surface area contributed by atoms with Crippen LogP contribution in [0, 0.1) is 0 Å². The van der Waals surface area contributed by atoms with Crippen LogP contribution in [-0.2, 0) is 0 Å². The van der Waals surface area contributed by atoms with Gasteiger partial charge in [0.05, 0.1) is 12.2 Å². The van der Waals surface area contributed by atoms with Gasteiger partial charge in [-0.2, -0.15) is 0 Å². The summed E-state index contributed by atoms with van der Waals surface area (Å²) < 4.78 is 10.6. The molecule has 0 bridgehead atoms. The molecular formula is C13H17NO4. The Morgan fingerprint density at radius 1 is 1.06 bits per heavy atom. The first-order valence-electron chi connectivity index (χ1n) is 6.16. The van der Waals surface area contributed by atoms with Crippen molar-refractivity contribution in [3.05, 3.63) is 23.8 Å². The zero-order chi connectivity index (χ0) is 12.7. The van der Waals surface area contributed by atoms with Crippen molar-refractivity contribution >= 4 is 0 Å². The third kappa shape index (κ3) is 1.94. The number of hydrogen-bond acceptors (Lipinski definition) is 5. The van der Waals surface area contributed by atoms with Crippen molar-refractivity contribution in [2.24, 2.45) is 5.73 Å². The molecule has 18 heavy (non-hydrogen) atoms. The Kier molecular flexibility index (Phi) is 2.89. The zero-order valence-electron chi connectivity index (χ0n) is 9.95. The summed E-state index contributed by atoms with van der Waals surface area (Å²) >= 11 is 0. The summed E-state index contributed by atoms with van der Waals surface area (Å²) in [7, 11) is 0. The molecule has 0 aromatic heterocycles. The van der Waals surface area contributed by atoms with E-state index < -0.39 is 12.2 Å². The van der Waals surface area contributed by atoms with Crippen molar-refractivity contribution < 1.29 is 19.7 Å². The summed E-state index contributed by atoms with van der Waals surface area (Å²) in [6.07, 6.45) is -0.534. The highest BCUT2D eigenvalue weighted by Gasteiger charge is 2.34. The van der Waals surface area contributed by atoms with E-state index in [0.29, 0.717) is 12.8 Å². The van der Waals surface area contributed by atoms with E-state index >= 15 is 0 Å². The Labute approximate surface area is 105 Å². The molecule has 1 aromatic carbocycles. The van der Waals surface area contributed by atoms with Gasteiger partial charge in [0.1, 0.15) is 0 Å². The molecule has 4 N–H and O–H groups in total. The first-order valence-corrected chi connectivity index (χ1v) is 6.16. The van der Waals surface area contributed by atoms with E-state index in [-0.39, 0.29) is 18.8 Å². The highest BCUT2D eigenvalue weighted by Crippen LogP contribution is 2.38. The van der Waals surface area contributed by atoms with E-state index in [1.807, 2.05) is 18.2 Å². The van der Waals surface area contributed by atoms with Gasteiger partial charge in [0.15, 0.2) is 11.5 Å². The molecule has 0 radical (unpaired) electrons. The fraction of sp³-hybridized carbons (Fsp3) is 0.538. The molecule has 5 heteroatoms. The van der Waals surface area contributed by atoms with Crippen LogP contribution >= 0.6 is 0 Å². The Morgan fingerprint density at radius 3 is 2.61 bits per heavy atom. The topological polar surface area (TPSA) is 84.9 Å². The van der Waals surface area contributed by atoms with E-state index in [1.54, 1.807) is 0 Å². The Morgan fingerprint density at radius 2 is 1.78 bits per heavy atom. The summed E-state index contributed by atoms with van der Waals surface area (Å²) in [6.45, 7) is 0.247. The van der Waals surface area contributed by atoms with E-state index in [1.165, 1.54) is 0 Å². The molecule has 98 valence electrons. The lowest BCUT2D eigenvalue weighted by atomic mass is 9.77. The third-order valence-electron chi connectivity index (χ3n) is 3.79. The van der Waals surface area contributed by atoms with E-state index in [2.05, 4.69) is 0 Å². The minimum atomic E-state index is -0.717. The molecule has 1 aliphatic carbocycles. The van der Waals surface area contributed by atoms with Gasteiger partial charge in [-0.15, -0.1) is 0 Å². The largest absolute Gasteiger partial charge is 0.454 e. The first kappa shape index (κ1) is 11.8. The maximum absolute atomic E-state index is 9.76. The number of benzene rings is 1. The van der Waals surface area contributed by atoms with Crippen LogP contribution in [0.3, 0.4) is 0 Å². The molecule has 0 amide bonds. The lowest BCUT2D eigenvalue weighted by Crippen LogP contribution is -2.44. The molecule has 0 spiro atoms. The van der Waals surface area contributed by atoms with Crippen LogP contribution in [0.2, 0.25) is 0 Å². The lowest BCUT2D eigenvalue weighted by molar-refractivity contribution is -0.0209. The smallest absolute Gasteiger partial charge is 0.231 e. The van der Waals surface area contributed by atoms with Crippen molar-refractivity contribution in [1.29, 1.82) is 0 Å². The van der Waals surface area contributed by atoms with Gasteiger partial charge in [-0.3, -0.25) is 0 Å². The van der Waals surface area contributed by atoms with Crippen LogP contribution in [0.4, 0.5) is 0 Å². The number of hydrogen-bond donors (Lipinski definition) is 3. The van der Waals surface area contributed by atoms with Crippen molar-refractivity contribution in [3.8, 4) is 11.5 Å². The fourth-order valence-corrected chi connectivity index (χ4v) is 2.72. The molecule has 4 atom stereocenters. The van der Waals surface area contributed by atoms with Crippen molar-refractivity contribution in [3.63, 3.8) is 0 Å². The van der Waals surface area contributed by atoms with Gasteiger partial charge in [-0.1, -0.05) is 6.07 Å². The molecule has 0 saturated heterocycles. The standard InChI is InChI=1S/C13H17NO4/c14-9-5-11(16)10(15)4-8(9)7-1-2-12-13(3-7)18-6-17-12/h1-3,8-11,15-16H,4-6,14H2/t8-,9-,10-,11+/m0/s1.